The second-order valence-electron chi connectivity index (χ2n) is 5.52. The van der Waals surface area contributed by atoms with Crippen LogP contribution in [0.2, 0.25) is 0 Å². The first kappa shape index (κ1) is 20.0. The van der Waals surface area contributed by atoms with E-state index in [9.17, 15) is 4.39 Å². The van der Waals surface area contributed by atoms with Crippen molar-refractivity contribution in [3.63, 3.8) is 0 Å². The first-order valence-electron chi connectivity index (χ1n) is 7.89. The van der Waals surface area contributed by atoms with E-state index in [0.29, 0.717) is 19.0 Å². The smallest absolute Gasteiger partial charge is 0.191 e. The number of halogens is 2. The minimum absolute atomic E-state index is 0. The van der Waals surface area contributed by atoms with Gasteiger partial charge in [0.2, 0.25) is 0 Å². The highest BCUT2D eigenvalue weighted by Crippen LogP contribution is 2.21. The zero-order chi connectivity index (χ0) is 16.9. The molecule has 2 heterocycles. The molecular weight excluding hydrogens is 454 g/mol. The van der Waals surface area contributed by atoms with Crippen molar-refractivity contribution in [3.05, 3.63) is 41.2 Å². The van der Waals surface area contributed by atoms with Gasteiger partial charge in [-0.05, 0) is 36.4 Å². The lowest BCUT2D eigenvalue weighted by Gasteiger charge is -2.13. The number of aryl methyl sites for hydroxylation is 1. The molecule has 0 atom stereocenters. The summed E-state index contributed by atoms with van der Waals surface area (Å²) in [7, 11) is 1.71. The second-order valence-corrected chi connectivity index (χ2v) is 6.37. The molecule has 1 aliphatic heterocycles. The predicted molar refractivity (Wildman–Crippen MR) is 109 cm³/mol. The maximum Gasteiger partial charge on any atom is 0.191 e. The van der Waals surface area contributed by atoms with Crippen molar-refractivity contribution < 1.29 is 4.39 Å². The van der Waals surface area contributed by atoms with Crippen LogP contribution in [0.15, 0.2) is 28.1 Å². The van der Waals surface area contributed by atoms with Crippen molar-refractivity contribution in [3.8, 4) is 0 Å². The first-order chi connectivity index (χ1) is 11.7. The fraction of sp³-hybridized carbons (Fsp3) is 0.438. The molecular formula is C16H22FIN6S. The van der Waals surface area contributed by atoms with Crippen molar-refractivity contribution in [2.75, 3.05) is 13.3 Å². The van der Waals surface area contributed by atoms with E-state index in [-0.39, 0.29) is 29.8 Å². The van der Waals surface area contributed by atoms with Gasteiger partial charge in [-0.15, -0.1) is 45.9 Å². The van der Waals surface area contributed by atoms with Crippen molar-refractivity contribution in [2.45, 2.75) is 37.4 Å². The molecule has 0 saturated heterocycles. The van der Waals surface area contributed by atoms with Gasteiger partial charge in [0.1, 0.15) is 11.6 Å². The number of guanidine groups is 1. The summed E-state index contributed by atoms with van der Waals surface area (Å²) in [5, 5.41) is 14.9. The van der Waals surface area contributed by atoms with Gasteiger partial charge in [0.15, 0.2) is 11.8 Å². The van der Waals surface area contributed by atoms with Crippen LogP contribution < -0.4 is 10.6 Å². The molecule has 0 spiro atoms. The van der Waals surface area contributed by atoms with Gasteiger partial charge in [0, 0.05) is 31.5 Å². The largest absolute Gasteiger partial charge is 0.352 e. The van der Waals surface area contributed by atoms with E-state index in [0.717, 1.165) is 41.5 Å². The molecule has 0 unspecified atom stereocenters. The summed E-state index contributed by atoms with van der Waals surface area (Å²) in [6.07, 6.45) is 4.11. The standard InChI is InChI=1S/C16H21FN6S.HI/c1-18-16(19-9-11-8-12(17)5-6-13(11)24-2)20-10-15-22-21-14-4-3-7-23(14)15;/h5-6,8H,3-4,7,9-10H2,1-2H3,(H2,18,19,20);1H. The summed E-state index contributed by atoms with van der Waals surface area (Å²) in [4.78, 5) is 5.26. The third kappa shape index (κ3) is 4.84. The average molecular weight is 476 g/mol. The Kier molecular flexibility index (Phi) is 7.48. The summed E-state index contributed by atoms with van der Waals surface area (Å²) in [5.41, 5.74) is 0.911. The van der Waals surface area contributed by atoms with Crippen LogP contribution in [0.5, 0.6) is 0 Å². The number of fused-ring (bicyclic) bond motifs is 1. The lowest BCUT2D eigenvalue weighted by atomic mass is 10.2. The van der Waals surface area contributed by atoms with Crippen LogP contribution in [0, 0.1) is 5.82 Å². The molecule has 0 bridgehead atoms. The van der Waals surface area contributed by atoms with Crippen LogP contribution >= 0.6 is 35.7 Å². The normalized spacial score (nSPS) is 13.3. The summed E-state index contributed by atoms with van der Waals surface area (Å²) in [6, 6.07) is 4.83. The molecule has 9 heteroatoms. The van der Waals surface area contributed by atoms with Gasteiger partial charge in [-0.2, -0.15) is 0 Å². The molecule has 136 valence electrons. The van der Waals surface area contributed by atoms with Gasteiger partial charge in [0.25, 0.3) is 0 Å². The second kappa shape index (κ2) is 9.37. The van der Waals surface area contributed by atoms with Crippen molar-refractivity contribution in [2.24, 2.45) is 4.99 Å². The van der Waals surface area contributed by atoms with Crippen LogP contribution in [-0.2, 0) is 26.1 Å². The fourth-order valence-corrected chi connectivity index (χ4v) is 3.39. The molecule has 1 aromatic heterocycles. The topological polar surface area (TPSA) is 67.1 Å². The first-order valence-corrected chi connectivity index (χ1v) is 9.11. The average Bonchev–Trinajstić information content (AvgIpc) is 3.19. The number of aromatic nitrogens is 3. The van der Waals surface area contributed by atoms with Gasteiger partial charge in [-0.1, -0.05) is 0 Å². The van der Waals surface area contributed by atoms with Crippen LogP contribution in [0.3, 0.4) is 0 Å². The van der Waals surface area contributed by atoms with E-state index in [1.165, 1.54) is 6.07 Å². The van der Waals surface area contributed by atoms with E-state index in [1.54, 1.807) is 30.9 Å². The lowest BCUT2D eigenvalue weighted by Crippen LogP contribution is -2.37. The Hall–Kier alpha value is -1.36. The summed E-state index contributed by atoms with van der Waals surface area (Å²) >= 11 is 1.60. The Balaban J connectivity index is 0.00000225. The summed E-state index contributed by atoms with van der Waals surface area (Å²) in [6.45, 7) is 2.04. The molecule has 0 amide bonds. The van der Waals surface area contributed by atoms with Gasteiger partial charge in [-0.25, -0.2) is 4.39 Å². The summed E-state index contributed by atoms with van der Waals surface area (Å²) < 4.78 is 15.6. The van der Waals surface area contributed by atoms with E-state index < -0.39 is 0 Å². The monoisotopic (exact) mass is 476 g/mol. The number of hydrogen-bond donors (Lipinski definition) is 2. The Morgan fingerprint density at radius 1 is 1.32 bits per heavy atom. The minimum atomic E-state index is -0.230. The van der Waals surface area contributed by atoms with Crippen molar-refractivity contribution in [1.29, 1.82) is 0 Å². The fourth-order valence-electron chi connectivity index (χ4n) is 2.79. The third-order valence-electron chi connectivity index (χ3n) is 4.01. The lowest BCUT2D eigenvalue weighted by molar-refractivity contribution is 0.622. The highest BCUT2D eigenvalue weighted by Gasteiger charge is 2.17. The van der Waals surface area contributed by atoms with Crippen molar-refractivity contribution in [1.82, 2.24) is 25.4 Å². The number of benzene rings is 1. The molecule has 25 heavy (non-hydrogen) atoms. The van der Waals surface area contributed by atoms with Crippen LogP contribution in [0.25, 0.3) is 0 Å². The van der Waals surface area contributed by atoms with Gasteiger partial charge in [-0.3, -0.25) is 4.99 Å². The highest BCUT2D eigenvalue weighted by atomic mass is 127. The SMILES string of the molecule is CN=C(NCc1cc(F)ccc1SC)NCc1nnc2n1CCC2.I. The Bertz CT molecular complexity index is 748. The van der Waals surface area contributed by atoms with Crippen LogP contribution in [0.1, 0.15) is 23.6 Å². The van der Waals surface area contributed by atoms with E-state index in [1.807, 2.05) is 6.26 Å². The molecule has 2 aromatic rings. The Labute approximate surface area is 168 Å². The molecule has 3 rings (SSSR count). The van der Waals surface area contributed by atoms with Crippen molar-refractivity contribution >= 4 is 41.7 Å². The molecule has 1 aromatic carbocycles. The predicted octanol–water partition coefficient (Wildman–Crippen LogP) is 2.57. The Morgan fingerprint density at radius 2 is 2.12 bits per heavy atom. The van der Waals surface area contributed by atoms with E-state index in [4.69, 9.17) is 0 Å². The quantitative estimate of drug-likeness (QED) is 0.301. The van der Waals surface area contributed by atoms with Crippen LogP contribution in [0.4, 0.5) is 4.39 Å². The Morgan fingerprint density at radius 3 is 2.88 bits per heavy atom. The zero-order valence-corrected chi connectivity index (χ0v) is 17.4. The molecule has 0 radical (unpaired) electrons. The van der Waals surface area contributed by atoms with Gasteiger partial charge >= 0.3 is 0 Å². The number of nitrogens with zero attached hydrogens (tertiary/aromatic N) is 4. The zero-order valence-electron chi connectivity index (χ0n) is 14.3. The molecule has 1 aliphatic rings. The number of nitrogens with one attached hydrogen (secondary N) is 2. The number of thioether (sulfide) groups is 1. The molecule has 0 saturated carbocycles. The van der Waals surface area contributed by atoms with Gasteiger partial charge < -0.3 is 15.2 Å². The summed E-state index contributed by atoms with van der Waals surface area (Å²) in [5.74, 6) is 2.40. The molecule has 0 aliphatic carbocycles. The van der Waals surface area contributed by atoms with E-state index in [2.05, 4.69) is 30.4 Å². The number of hydrogen-bond acceptors (Lipinski definition) is 4. The molecule has 2 N–H and O–H groups in total. The highest BCUT2D eigenvalue weighted by molar-refractivity contribution is 14.0. The third-order valence-corrected chi connectivity index (χ3v) is 4.85. The maximum atomic E-state index is 13.4. The van der Waals surface area contributed by atoms with Gasteiger partial charge in [0.05, 0.1) is 6.54 Å². The number of rotatable bonds is 5. The maximum absolute atomic E-state index is 13.4. The minimum Gasteiger partial charge on any atom is -0.352 e. The molecule has 0 fully saturated rings. The van der Waals surface area contributed by atoms with E-state index >= 15 is 0 Å². The van der Waals surface area contributed by atoms with Crippen LogP contribution in [-0.4, -0.2) is 34.0 Å². The molecule has 6 nitrogen and oxygen atoms in total. The number of aliphatic imine (C=N–C) groups is 1.